The van der Waals surface area contributed by atoms with Crippen molar-refractivity contribution in [1.82, 2.24) is 4.72 Å². The van der Waals surface area contributed by atoms with E-state index in [0.29, 0.717) is 5.92 Å². The molecule has 0 amide bonds. The highest BCUT2D eigenvalue weighted by molar-refractivity contribution is 7.89. The van der Waals surface area contributed by atoms with Crippen LogP contribution in [0.5, 0.6) is 0 Å². The maximum Gasteiger partial charge on any atom is 0.211 e. The van der Waals surface area contributed by atoms with Crippen LogP contribution >= 0.6 is 0 Å². The standard InChI is InChI=1S/C7H15NO2S/c1-3-6-5-7(6)8-11(9,10)4-2/h6-8H,3-5H2,1-2H3/t6-,7-/m1/s1. The van der Waals surface area contributed by atoms with Gasteiger partial charge in [0.2, 0.25) is 10.0 Å². The molecule has 0 aromatic heterocycles. The lowest BCUT2D eigenvalue weighted by molar-refractivity contribution is 0.577. The summed E-state index contributed by atoms with van der Waals surface area (Å²) in [7, 11) is -2.95. The third-order valence-electron chi connectivity index (χ3n) is 2.16. The van der Waals surface area contributed by atoms with E-state index in [2.05, 4.69) is 11.6 Å². The molecule has 3 nitrogen and oxygen atoms in total. The summed E-state index contributed by atoms with van der Waals surface area (Å²) in [4.78, 5) is 0. The molecule has 66 valence electrons. The number of nitrogens with one attached hydrogen (secondary N) is 1. The fraction of sp³-hybridized carbons (Fsp3) is 1.00. The van der Waals surface area contributed by atoms with Crippen molar-refractivity contribution >= 4 is 10.0 Å². The van der Waals surface area contributed by atoms with Crippen molar-refractivity contribution in [2.75, 3.05) is 5.75 Å². The minimum absolute atomic E-state index is 0.194. The van der Waals surface area contributed by atoms with Crippen LogP contribution < -0.4 is 4.72 Å². The zero-order chi connectivity index (χ0) is 8.48. The first-order chi connectivity index (χ1) is 5.09. The molecule has 2 atom stereocenters. The Hall–Kier alpha value is -0.0900. The Balaban J connectivity index is 2.34. The Bertz CT molecular complexity index is 223. The molecule has 4 heteroatoms. The highest BCUT2D eigenvalue weighted by atomic mass is 32.2. The van der Waals surface area contributed by atoms with Gasteiger partial charge in [-0.15, -0.1) is 0 Å². The van der Waals surface area contributed by atoms with Crippen LogP contribution in [-0.4, -0.2) is 20.2 Å². The summed E-state index contributed by atoms with van der Waals surface area (Å²) in [6.45, 7) is 3.75. The van der Waals surface area contributed by atoms with Crippen molar-refractivity contribution in [2.45, 2.75) is 32.7 Å². The second-order valence-electron chi connectivity index (χ2n) is 3.03. The quantitative estimate of drug-likeness (QED) is 0.688. The van der Waals surface area contributed by atoms with E-state index in [4.69, 9.17) is 0 Å². The van der Waals surface area contributed by atoms with Crippen LogP contribution in [-0.2, 0) is 10.0 Å². The van der Waals surface area contributed by atoms with Gasteiger partial charge in [0.05, 0.1) is 5.75 Å². The average Bonchev–Trinajstić information content (AvgIpc) is 2.67. The molecule has 0 aliphatic heterocycles. The molecular formula is C7H15NO2S. The first-order valence-corrected chi connectivity index (χ1v) is 5.74. The van der Waals surface area contributed by atoms with Crippen molar-refractivity contribution < 1.29 is 8.42 Å². The second kappa shape index (κ2) is 3.11. The first kappa shape index (κ1) is 9.00. The van der Waals surface area contributed by atoms with Crippen LogP contribution in [0.25, 0.3) is 0 Å². The van der Waals surface area contributed by atoms with Gasteiger partial charge in [-0.25, -0.2) is 13.1 Å². The Morgan fingerprint density at radius 2 is 2.09 bits per heavy atom. The van der Waals surface area contributed by atoms with Crippen molar-refractivity contribution in [3.05, 3.63) is 0 Å². The van der Waals surface area contributed by atoms with E-state index in [0.717, 1.165) is 12.8 Å². The van der Waals surface area contributed by atoms with Crippen LogP contribution in [0.4, 0.5) is 0 Å². The van der Waals surface area contributed by atoms with E-state index < -0.39 is 10.0 Å². The Labute approximate surface area is 68.2 Å². The van der Waals surface area contributed by atoms with Gasteiger partial charge in [-0.1, -0.05) is 13.3 Å². The normalized spacial score (nSPS) is 30.4. The van der Waals surface area contributed by atoms with Crippen LogP contribution in [0, 0.1) is 5.92 Å². The lowest BCUT2D eigenvalue weighted by Crippen LogP contribution is -2.28. The van der Waals surface area contributed by atoms with Crippen molar-refractivity contribution in [3.63, 3.8) is 0 Å². The minimum Gasteiger partial charge on any atom is -0.212 e. The summed E-state index contributed by atoms with van der Waals surface area (Å²) in [6, 6.07) is 0.241. The maximum atomic E-state index is 11.0. The van der Waals surface area contributed by atoms with Crippen LogP contribution in [0.15, 0.2) is 0 Å². The topological polar surface area (TPSA) is 46.2 Å². The third-order valence-corrected chi connectivity index (χ3v) is 3.58. The smallest absolute Gasteiger partial charge is 0.211 e. The van der Waals surface area contributed by atoms with E-state index in [1.54, 1.807) is 6.92 Å². The summed E-state index contributed by atoms with van der Waals surface area (Å²) in [5.74, 6) is 0.788. The maximum absolute atomic E-state index is 11.0. The molecule has 0 radical (unpaired) electrons. The van der Waals surface area contributed by atoms with Gasteiger partial charge in [0.25, 0.3) is 0 Å². The van der Waals surface area contributed by atoms with E-state index >= 15 is 0 Å². The summed E-state index contributed by atoms with van der Waals surface area (Å²) < 4.78 is 24.7. The van der Waals surface area contributed by atoms with E-state index in [1.165, 1.54) is 0 Å². The molecule has 0 heterocycles. The summed E-state index contributed by atoms with van der Waals surface area (Å²) >= 11 is 0. The number of sulfonamides is 1. The fourth-order valence-electron chi connectivity index (χ4n) is 1.16. The largest absolute Gasteiger partial charge is 0.212 e. The predicted octanol–water partition coefficient (Wildman–Crippen LogP) is 0.724. The lowest BCUT2D eigenvalue weighted by atomic mass is 10.3. The molecule has 1 aliphatic rings. The molecule has 11 heavy (non-hydrogen) atoms. The molecule has 0 aromatic carbocycles. The number of hydrogen-bond acceptors (Lipinski definition) is 2. The molecule has 1 N–H and O–H groups in total. The van der Waals surface area contributed by atoms with Crippen LogP contribution in [0.2, 0.25) is 0 Å². The molecule has 1 fully saturated rings. The zero-order valence-electron chi connectivity index (χ0n) is 7.00. The van der Waals surface area contributed by atoms with Crippen LogP contribution in [0.1, 0.15) is 26.7 Å². The summed E-state index contributed by atoms with van der Waals surface area (Å²) in [5, 5.41) is 0. The van der Waals surface area contributed by atoms with Crippen molar-refractivity contribution in [1.29, 1.82) is 0 Å². The molecule has 1 saturated carbocycles. The number of hydrogen-bond donors (Lipinski definition) is 1. The van der Waals surface area contributed by atoms with E-state index in [9.17, 15) is 8.42 Å². The SMILES string of the molecule is CC[C@@H]1C[C@H]1NS(=O)(=O)CC. The highest BCUT2D eigenvalue weighted by Crippen LogP contribution is 2.33. The van der Waals surface area contributed by atoms with Crippen molar-refractivity contribution in [3.8, 4) is 0 Å². The molecule has 0 aromatic rings. The second-order valence-corrected chi connectivity index (χ2v) is 5.07. The van der Waals surface area contributed by atoms with Gasteiger partial charge in [0.15, 0.2) is 0 Å². The molecule has 0 saturated heterocycles. The van der Waals surface area contributed by atoms with Gasteiger partial charge in [0.1, 0.15) is 0 Å². The highest BCUT2D eigenvalue weighted by Gasteiger charge is 2.37. The Morgan fingerprint density at radius 1 is 1.45 bits per heavy atom. The molecule has 0 spiro atoms. The molecule has 1 aliphatic carbocycles. The summed E-state index contributed by atoms with van der Waals surface area (Å²) in [6.07, 6.45) is 2.10. The Kier molecular flexibility index (Phi) is 2.54. The van der Waals surface area contributed by atoms with Crippen molar-refractivity contribution in [2.24, 2.45) is 5.92 Å². The van der Waals surface area contributed by atoms with Gasteiger partial charge in [0, 0.05) is 6.04 Å². The summed E-state index contributed by atoms with van der Waals surface area (Å²) in [5.41, 5.74) is 0. The van der Waals surface area contributed by atoms with Gasteiger partial charge >= 0.3 is 0 Å². The van der Waals surface area contributed by atoms with Crippen LogP contribution in [0.3, 0.4) is 0 Å². The fourth-order valence-corrected chi connectivity index (χ4v) is 2.07. The molecule has 0 unspecified atom stereocenters. The predicted molar refractivity (Wildman–Crippen MR) is 44.8 cm³/mol. The molecule has 1 rings (SSSR count). The first-order valence-electron chi connectivity index (χ1n) is 4.09. The van der Waals surface area contributed by atoms with Gasteiger partial charge < -0.3 is 0 Å². The zero-order valence-corrected chi connectivity index (χ0v) is 7.82. The van der Waals surface area contributed by atoms with Gasteiger partial charge in [-0.05, 0) is 19.3 Å². The van der Waals surface area contributed by atoms with Gasteiger partial charge in [-0.3, -0.25) is 0 Å². The average molecular weight is 177 g/mol. The molecule has 0 bridgehead atoms. The Morgan fingerprint density at radius 3 is 2.45 bits per heavy atom. The molecular weight excluding hydrogens is 162 g/mol. The minimum atomic E-state index is -2.95. The van der Waals surface area contributed by atoms with E-state index in [-0.39, 0.29) is 11.8 Å². The monoisotopic (exact) mass is 177 g/mol. The lowest BCUT2D eigenvalue weighted by Gasteiger charge is -2.01. The van der Waals surface area contributed by atoms with E-state index in [1.807, 2.05) is 0 Å². The number of rotatable bonds is 4. The van der Waals surface area contributed by atoms with Gasteiger partial charge in [-0.2, -0.15) is 0 Å². The third kappa shape index (κ3) is 2.45.